The van der Waals surface area contributed by atoms with Gasteiger partial charge in [0.2, 0.25) is 5.91 Å². The van der Waals surface area contributed by atoms with Crippen LogP contribution in [-0.4, -0.2) is 47.5 Å². The molecule has 0 aromatic carbocycles. The molecule has 0 aliphatic carbocycles. The molecule has 8 nitrogen and oxygen atoms in total. The number of aliphatic carboxylic acids is 1. The Labute approximate surface area is 111 Å². The summed E-state index contributed by atoms with van der Waals surface area (Å²) in [6.45, 7) is 1.83. The molecule has 0 radical (unpaired) electrons. The van der Waals surface area contributed by atoms with Crippen molar-refractivity contribution in [1.82, 2.24) is 10.2 Å². The van der Waals surface area contributed by atoms with E-state index in [2.05, 4.69) is 5.32 Å². The van der Waals surface area contributed by atoms with Gasteiger partial charge in [0.15, 0.2) is 0 Å². The van der Waals surface area contributed by atoms with Crippen molar-refractivity contribution in [2.24, 2.45) is 11.7 Å². The SMILES string of the molecule is CC(C#N)CN(C)C(=O)N[C@@H](CCC(N)=O)C(=O)O. The lowest BCUT2D eigenvalue weighted by molar-refractivity contribution is -0.139. The van der Waals surface area contributed by atoms with Crippen LogP contribution < -0.4 is 11.1 Å². The van der Waals surface area contributed by atoms with E-state index in [4.69, 9.17) is 16.1 Å². The van der Waals surface area contributed by atoms with Crippen LogP contribution in [0.5, 0.6) is 0 Å². The zero-order valence-corrected chi connectivity index (χ0v) is 10.9. The molecule has 0 saturated heterocycles. The third-order valence-corrected chi connectivity index (χ3v) is 2.39. The van der Waals surface area contributed by atoms with Crippen LogP contribution in [0.2, 0.25) is 0 Å². The fourth-order valence-corrected chi connectivity index (χ4v) is 1.34. The standard InChI is InChI=1S/C11H18N4O4/c1-7(5-12)6-15(2)11(19)14-8(10(17)18)3-4-9(13)16/h7-8H,3-4,6H2,1-2H3,(H2,13,16)(H,14,19)(H,17,18)/t7?,8-/m0/s1. The molecule has 0 spiro atoms. The number of primary amides is 1. The number of nitrogens with one attached hydrogen (secondary N) is 1. The van der Waals surface area contributed by atoms with Gasteiger partial charge in [0, 0.05) is 20.0 Å². The van der Waals surface area contributed by atoms with E-state index in [1.165, 1.54) is 11.9 Å². The van der Waals surface area contributed by atoms with Gasteiger partial charge in [-0.25, -0.2) is 9.59 Å². The van der Waals surface area contributed by atoms with Crippen molar-refractivity contribution in [3.8, 4) is 6.07 Å². The Morgan fingerprint density at radius 2 is 2.05 bits per heavy atom. The van der Waals surface area contributed by atoms with Gasteiger partial charge in [-0.1, -0.05) is 0 Å². The zero-order chi connectivity index (χ0) is 15.0. The van der Waals surface area contributed by atoms with Gasteiger partial charge in [0.1, 0.15) is 6.04 Å². The van der Waals surface area contributed by atoms with Gasteiger partial charge in [-0.3, -0.25) is 4.79 Å². The molecule has 4 N–H and O–H groups in total. The molecule has 0 heterocycles. The Morgan fingerprint density at radius 1 is 1.47 bits per heavy atom. The maximum Gasteiger partial charge on any atom is 0.326 e. The van der Waals surface area contributed by atoms with Crippen molar-refractivity contribution in [2.75, 3.05) is 13.6 Å². The predicted molar refractivity (Wildman–Crippen MR) is 65.8 cm³/mol. The molecule has 0 aliphatic heterocycles. The minimum atomic E-state index is -1.24. The van der Waals surface area contributed by atoms with E-state index in [1.807, 2.05) is 6.07 Å². The molecule has 0 rings (SSSR count). The van der Waals surface area contributed by atoms with E-state index in [0.29, 0.717) is 0 Å². The lowest BCUT2D eigenvalue weighted by Gasteiger charge is -2.21. The molecule has 1 unspecified atom stereocenters. The number of amides is 3. The summed E-state index contributed by atoms with van der Waals surface area (Å²) in [6, 6.07) is 0.175. The minimum Gasteiger partial charge on any atom is -0.480 e. The number of urea groups is 1. The number of nitrogens with two attached hydrogens (primary N) is 1. The maximum absolute atomic E-state index is 11.7. The molecule has 0 fully saturated rings. The van der Waals surface area contributed by atoms with E-state index in [9.17, 15) is 14.4 Å². The van der Waals surface area contributed by atoms with Crippen molar-refractivity contribution in [2.45, 2.75) is 25.8 Å². The first-order chi connectivity index (χ1) is 8.77. The summed E-state index contributed by atoms with van der Waals surface area (Å²) >= 11 is 0. The molecular weight excluding hydrogens is 252 g/mol. The van der Waals surface area contributed by atoms with Crippen molar-refractivity contribution >= 4 is 17.9 Å². The highest BCUT2D eigenvalue weighted by Gasteiger charge is 2.22. The van der Waals surface area contributed by atoms with Crippen LogP contribution in [0.3, 0.4) is 0 Å². The van der Waals surface area contributed by atoms with Gasteiger partial charge >= 0.3 is 12.0 Å². The van der Waals surface area contributed by atoms with Crippen LogP contribution >= 0.6 is 0 Å². The number of nitrogens with zero attached hydrogens (tertiary/aromatic N) is 2. The summed E-state index contributed by atoms with van der Waals surface area (Å²) < 4.78 is 0. The molecule has 3 amide bonds. The molecule has 0 aliphatic rings. The lowest BCUT2D eigenvalue weighted by atomic mass is 10.1. The van der Waals surface area contributed by atoms with E-state index < -0.39 is 23.9 Å². The third-order valence-electron chi connectivity index (χ3n) is 2.39. The highest BCUT2D eigenvalue weighted by atomic mass is 16.4. The Balaban J connectivity index is 4.42. The largest absolute Gasteiger partial charge is 0.480 e. The van der Waals surface area contributed by atoms with E-state index >= 15 is 0 Å². The zero-order valence-electron chi connectivity index (χ0n) is 10.9. The Bertz CT molecular complexity index is 391. The van der Waals surface area contributed by atoms with E-state index in [0.717, 1.165) is 0 Å². The number of carboxylic acids is 1. The number of carboxylic acid groups (broad SMARTS) is 1. The fraction of sp³-hybridized carbons (Fsp3) is 0.636. The van der Waals surface area contributed by atoms with Crippen molar-refractivity contribution in [3.05, 3.63) is 0 Å². The molecule has 0 aromatic rings. The number of nitriles is 1. The monoisotopic (exact) mass is 270 g/mol. The third kappa shape index (κ3) is 6.88. The Hall–Kier alpha value is -2.30. The first-order valence-corrected chi connectivity index (χ1v) is 5.70. The van der Waals surface area contributed by atoms with Gasteiger partial charge in [0.25, 0.3) is 0 Å². The molecule has 19 heavy (non-hydrogen) atoms. The molecule has 8 heteroatoms. The number of rotatable bonds is 7. The number of carbonyl (C=O) groups excluding carboxylic acids is 2. The van der Waals surface area contributed by atoms with Crippen molar-refractivity contribution in [3.63, 3.8) is 0 Å². The second-order valence-corrected chi connectivity index (χ2v) is 4.26. The van der Waals surface area contributed by atoms with Crippen LogP contribution in [-0.2, 0) is 9.59 Å². The van der Waals surface area contributed by atoms with Crippen LogP contribution in [0.1, 0.15) is 19.8 Å². The number of hydrogen-bond donors (Lipinski definition) is 3. The van der Waals surface area contributed by atoms with Gasteiger partial charge in [0.05, 0.1) is 12.0 Å². The van der Waals surface area contributed by atoms with Crippen LogP contribution in [0.25, 0.3) is 0 Å². The summed E-state index contributed by atoms with van der Waals surface area (Å²) in [6.07, 6.45) is -0.201. The topological polar surface area (TPSA) is 137 Å². The lowest BCUT2D eigenvalue weighted by Crippen LogP contribution is -2.47. The molecule has 106 valence electrons. The molecule has 0 aromatic heterocycles. The summed E-state index contributed by atoms with van der Waals surface area (Å²) in [4.78, 5) is 34.4. The van der Waals surface area contributed by atoms with Crippen LogP contribution in [0.15, 0.2) is 0 Å². The highest BCUT2D eigenvalue weighted by molar-refractivity contribution is 5.83. The smallest absolute Gasteiger partial charge is 0.326 e. The molecule has 0 bridgehead atoms. The predicted octanol–water partition coefficient (Wildman–Crippen LogP) is -0.494. The molecule has 0 saturated carbocycles. The van der Waals surface area contributed by atoms with Gasteiger partial charge in [-0.05, 0) is 13.3 Å². The minimum absolute atomic E-state index is 0.0714. The molecule has 2 atom stereocenters. The van der Waals surface area contributed by atoms with Crippen molar-refractivity contribution in [1.29, 1.82) is 5.26 Å². The Morgan fingerprint density at radius 3 is 2.47 bits per heavy atom. The van der Waals surface area contributed by atoms with Crippen LogP contribution in [0, 0.1) is 17.2 Å². The first-order valence-electron chi connectivity index (χ1n) is 5.70. The number of carbonyl (C=O) groups is 3. The second-order valence-electron chi connectivity index (χ2n) is 4.26. The molecular formula is C11H18N4O4. The summed E-state index contributed by atoms with van der Waals surface area (Å²) in [7, 11) is 1.45. The van der Waals surface area contributed by atoms with Crippen LogP contribution in [0.4, 0.5) is 4.79 Å². The first kappa shape index (κ1) is 16.7. The average Bonchev–Trinajstić information content (AvgIpc) is 2.32. The average molecular weight is 270 g/mol. The second kappa shape index (κ2) is 7.92. The summed E-state index contributed by atoms with van der Waals surface area (Å²) in [5, 5.41) is 19.8. The summed E-state index contributed by atoms with van der Waals surface area (Å²) in [5.41, 5.74) is 4.92. The summed E-state index contributed by atoms with van der Waals surface area (Å²) in [5.74, 6) is -2.23. The van der Waals surface area contributed by atoms with E-state index in [-0.39, 0.29) is 25.3 Å². The van der Waals surface area contributed by atoms with Crippen molar-refractivity contribution < 1.29 is 19.5 Å². The fourth-order valence-electron chi connectivity index (χ4n) is 1.34. The van der Waals surface area contributed by atoms with Gasteiger partial charge in [-0.15, -0.1) is 0 Å². The number of hydrogen-bond acceptors (Lipinski definition) is 4. The highest BCUT2D eigenvalue weighted by Crippen LogP contribution is 2.01. The quantitative estimate of drug-likeness (QED) is 0.573. The van der Waals surface area contributed by atoms with E-state index in [1.54, 1.807) is 6.92 Å². The van der Waals surface area contributed by atoms with Gasteiger partial charge in [-0.2, -0.15) is 5.26 Å². The normalized spacial score (nSPS) is 12.9. The van der Waals surface area contributed by atoms with Gasteiger partial charge < -0.3 is 21.1 Å². The Kier molecular flexibility index (Phi) is 6.96. The maximum atomic E-state index is 11.7.